The highest BCUT2D eigenvalue weighted by Gasteiger charge is 2.04. The summed E-state index contributed by atoms with van der Waals surface area (Å²) in [7, 11) is 0. The molecule has 0 heterocycles. The Kier molecular flexibility index (Phi) is 6.39. The molecular formula is C11H11F2N3S2. The number of thiocarbonyl (C=S) groups is 1. The number of thioether (sulfide) groups is 1. The van der Waals surface area contributed by atoms with E-state index in [1.165, 1.54) is 0 Å². The predicted molar refractivity (Wildman–Crippen MR) is 72.8 cm³/mol. The van der Waals surface area contributed by atoms with E-state index in [0.717, 1.165) is 0 Å². The van der Waals surface area contributed by atoms with Crippen molar-refractivity contribution in [2.75, 3.05) is 11.9 Å². The minimum atomic E-state index is -2.42. The van der Waals surface area contributed by atoms with Gasteiger partial charge in [-0.25, -0.2) is 0 Å². The number of hydrogen-bond donors (Lipinski definition) is 2. The zero-order valence-corrected chi connectivity index (χ0v) is 11.0. The van der Waals surface area contributed by atoms with Crippen LogP contribution < -0.4 is 10.6 Å². The molecule has 0 aliphatic carbocycles. The van der Waals surface area contributed by atoms with Gasteiger partial charge in [0.1, 0.15) is 0 Å². The van der Waals surface area contributed by atoms with Crippen LogP contribution in [0.1, 0.15) is 6.42 Å². The molecule has 3 nitrogen and oxygen atoms in total. The molecule has 1 aromatic carbocycles. The Balaban J connectivity index is 2.43. The van der Waals surface area contributed by atoms with E-state index < -0.39 is 5.76 Å². The summed E-state index contributed by atoms with van der Waals surface area (Å²) in [5.74, 6) is -2.42. The summed E-state index contributed by atoms with van der Waals surface area (Å²) >= 11 is 5.49. The first kappa shape index (κ1) is 14.7. The molecule has 0 aliphatic heterocycles. The molecule has 0 amide bonds. The van der Waals surface area contributed by atoms with Crippen LogP contribution in [0.3, 0.4) is 0 Å². The van der Waals surface area contributed by atoms with Gasteiger partial charge in [-0.3, -0.25) is 0 Å². The van der Waals surface area contributed by atoms with Crippen molar-refractivity contribution in [3.63, 3.8) is 0 Å². The minimum absolute atomic E-state index is 0.367. The first-order valence-corrected chi connectivity index (χ1v) is 6.37. The Morgan fingerprint density at radius 3 is 2.61 bits per heavy atom. The molecule has 1 rings (SSSR count). The van der Waals surface area contributed by atoms with Crippen molar-refractivity contribution in [3.8, 4) is 6.07 Å². The third-order valence-electron chi connectivity index (χ3n) is 1.86. The summed E-state index contributed by atoms with van der Waals surface area (Å²) in [4.78, 5) is 0.499. The number of nitrogens with one attached hydrogen (secondary N) is 2. The van der Waals surface area contributed by atoms with E-state index in [4.69, 9.17) is 17.5 Å². The van der Waals surface area contributed by atoms with Crippen LogP contribution in [0.15, 0.2) is 29.2 Å². The first-order valence-electron chi connectivity index (χ1n) is 5.08. The predicted octanol–water partition coefficient (Wildman–Crippen LogP) is 3.20. The van der Waals surface area contributed by atoms with Crippen molar-refractivity contribution in [3.05, 3.63) is 24.3 Å². The number of hydrogen-bond acceptors (Lipinski definition) is 3. The quantitative estimate of drug-likeness (QED) is 0.495. The molecule has 0 unspecified atom stereocenters. The second-order valence-corrected chi connectivity index (χ2v) is 4.66. The van der Waals surface area contributed by atoms with Gasteiger partial charge in [-0.15, -0.1) is 0 Å². The maximum absolute atomic E-state index is 12.1. The van der Waals surface area contributed by atoms with Crippen molar-refractivity contribution >= 4 is 34.8 Å². The van der Waals surface area contributed by atoms with Gasteiger partial charge in [-0.2, -0.15) is 14.0 Å². The molecule has 7 heteroatoms. The fraction of sp³-hybridized carbons (Fsp3) is 0.273. The lowest BCUT2D eigenvalue weighted by atomic mass is 10.3. The smallest absolute Gasteiger partial charge is 0.288 e. The second-order valence-electron chi connectivity index (χ2n) is 3.19. The lowest BCUT2D eigenvalue weighted by Crippen LogP contribution is -2.28. The van der Waals surface area contributed by atoms with Crippen molar-refractivity contribution in [1.82, 2.24) is 5.32 Å². The van der Waals surface area contributed by atoms with Crippen molar-refractivity contribution in [2.24, 2.45) is 0 Å². The molecule has 0 radical (unpaired) electrons. The summed E-state index contributed by atoms with van der Waals surface area (Å²) in [6, 6.07) is 8.52. The molecular weight excluding hydrogens is 276 g/mol. The van der Waals surface area contributed by atoms with E-state index in [1.807, 2.05) is 6.07 Å². The number of nitrogens with zero attached hydrogens (tertiary/aromatic N) is 1. The molecule has 0 fully saturated rings. The van der Waals surface area contributed by atoms with Gasteiger partial charge in [0, 0.05) is 17.1 Å². The molecule has 0 spiro atoms. The highest BCUT2D eigenvalue weighted by Crippen LogP contribution is 2.26. The van der Waals surface area contributed by atoms with Gasteiger partial charge in [-0.05, 0) is 36.5 Å². The normalized spacial score (nSPS) is 9.89. The topological polar surface area (TPSA) is 47.9 Å². The lowest BCUT2D eigenvalue weighted by Gasteiger charge is -2.09. The number of rotatable bonds is 5. The van der Waals surface area contributed by atoms with Crippen molar-refractivity contribution in [2.45, 2.75) is 17.1 Å². The van der Waals surface area contributed by atoms with Gasteiger partial charge >= 0.3 is 0 Å². The van der Waals surface area contributed by atoms with Gasteiger partial charge in [0.05, 0.1) is 12.5 Å². The monoisotopic (exact) mass is 287 g/mol. The van der Waals surface area contributed by atoms with E-state index in [9.17, 15) is 8.78 Å². The molecule has 0 saturated heterocycles. The van der Waals surface area contributed by atoms with Crippen LogP contribution in [0.2, 0.25) is 0 Å². The lowest BCUT2D eigenvalue weighted by molar-refractivity contribution is 0.252. The van der Waals surface area contributed by atoms with E-state index in [0.29, 0.717) is 40.4 Å². The number of benzene rings is 1. The fourth-order valence-corrected chi connectivity index (χ4v) is 1.85. The summed E-state index contributed by atoms with van der Waals surface area (Å²) < 4.78 is 24.2. The van der Waals surface area contributed by atoms with Gasteiger partial charge < -0.3 is 10.6 Å². The zero-order chi connectivity index (χ0) is 13.4. The molecule has 0 aliphatic rings. The number of alkyl halides is 2. The Morgan fingerprint density at radius 1 is 1.39 bits per heavy atom. The number of halogens is 2. The molecule has 2 N–H and O–H groups in total. The van der Waals surface area contributed by atoms with E-state index in [2.05, 4.69) is 10.6 Å². The molecule has 96 valence electrons. The van der Waals surface area contributed by atoms with Crippen LogP contribution in [0.5, 0.6) is 0 Å². The SMILES string of the molecule is N#CCCNC(=S)Nc1ccc(SC(F)F)cc1. The van der Waals surface area contributed by atoms with Crippen molar-refractivity contribution < 1.29 is 8.78 Å². The third-order valence-corrected chi connectivity index (χ3v) is 2.83. The highest BCUT2D eigenvalue weighted by molar-refractivity contribution is 7.99. The van der Waals surface area contributed by atoms with E-state index in [1.54, 1.807) is 24.3 Å². The van der Waals surface area contributed by atoms with Gasteiger partial charge in [0.25, 0.3) is 5.76 Å². The first-order chi connectivity index (χ1) is 8.61. The Hall–Kier alpha value is -1.39. The number of nitriles is 1. The van der Waals surface area contributed by atoms with Crippen LogP contribution in [-0.4, -0.2) is 17.4 Å². The molecule has 0 aromatic heterocycles. The maximum atomic E-state index is 12.1. The molecule has 0 atom stereocenters. The van der Waals surface area contributed by atoms with Crippen LogP contribution in [0, 0.1) is 11.3 Å². The summed E-state index contributed by atoms with van der Waals surface area (Å²) in [6.07, 6.45) is 0.367. The highest BCUT2D eigenvalue weighted by atomic mass is 32.2. The average molecular weight is 287 g/mol. The van der Waals surface area contributed by atoms with Crippen LogP contribution >= 0.6 is 24.0 Å². The molecule has 1 aromatic rings. The van der Waals surface area contributed by atoms with Gasteiger partial charge in [0.15, 0.2) is 5.11 Å². The Bertz CT molecular complexity index is 429. The molecule has 18 heavy (non-hydrogen) atoms. The zero-order valence-electron chi connectivity index (χ0n) is 9.32. The summed E-state index contributed by atoms with van der Waals surface area (Å²) in [6.45, 7) is 0.474. The average Bonchev–Trinajstić information content (AvgIpc) is 2.31. The minimum Gasteiger partial charge on any atom is -0.361 e. The Labute approximate surface area is 114 Å². The van der Waals surface area contributed by atoms with Crippen LogP contribution in [0.4, 0.5) is 14.5 Å². The summed E-state index contributed by atoms with van der Waals surface area (Å²) in [5.41, 5.74) is 0.711. The third kappa shape index (κ3) is 5.80. The molecule has 0 bridgehead atoms. The Morgan fingerprint density at radius 2 is 2.06 bits per heavy atom. The molecule has 0 saturated carbocycles. The van der Waals surface area contributed by atoms with Crippen molar-refractivity contribution in [1.29, 1.82) is 5.26 Å². The van der Waals surface area contributed by atoms with E-state index >= 15 is 0 Å². The van der Waals surface area contributed by atoms with Gasteiger partial charge in [0.2, 0.25) is 0 Å². The largest absolute Gasteiger partial charge is 0.361 e. The van der Waals surface area contributed by atoms with Crippen LogP contribution in [-0.2, 0) is 0 Å². The second kappa shape index (κ2) is 7.84. The van der Waals surface area contributed by atoms with E-state index in [-0.39, 0.29) is 0 Å². The fourth-order valence-electron chi connectivity index (χ4n) is 1.13. The van der Waals surface area contributed by atoms with Crippen LogP contribution in [0.25, 0.3) is 0 Å². The maximum Gasteiger partial charge on any atom is 0.288 e. The number of anilines is 1. The van der Waals surface area contributed by atoms with Gasteiger partial charge in [-0.1, -0.05) is 11.8 Å². The standard InChI is InChI=1S/C11H11F2N3S2/c12-10(13)18-9-4-2-8(3-5-9)16-11(17)15-7-1-6-14/h2-5,10H,1,7H2,(H2,15,16,17). The summed E-state index contributed by atoms with van der Waals surface area (Å²) in [5, 5.41) is 14.5.